The Bertz CT molecular complexity index is 589. The Balaban J connectivity index is 2.57. The standard InChI is InChI=1S/C13H13FO3S/c1-7(2)17-6-8-11-9(14)4-3-5-10(11)18-12(8)13(15)16/h3-5,7H,6H2,1-2H3,(H,15,16). The number of hydrogen-bond acceptors (Lipinski definition) is 3. The number of carbonyl (C=O) groups is 1. The molecule has 0 fully saturated rings. The molecular formula is C13H13FO3S. The SMILES string of the molecule is CC(C)OCc1c(C(=O)O)sc2cccc(F)c12. The van der Waals surface area contributed by atoms with Crippen molar-refractivity contribution in [3.8, 4) is 0 Å². The van der Waals surface area contributed by atoms with Gasteiger partial charge in [-0.05, 0) is 26.0 Å². The molecule has 5 heteroatoms. The molecule has 0 atom stereocenters. The van der Waals surface area contributed by atoms with Crippen molar-refractivity contribution in [1.82, 2.24) is 0 Å². The highest BCUT2D eigenvalue weighted by Crippen LogP contribution is 2.33. The fourth-order valence-corrected chi connectivity index (χ4v) is 2.79. The summed E-state index contributed by atoms with van der Waals surface area (Å²) in [6.45, 7) is 3.82. The third-order valence-corrected chi connectivity index (χ3v) is 3.70. The van der Waals surface area contributed by atoms with Crippen LogP contribution in [-0.2, 0) is 11.3 Å². The molecule has 0 aliphatic rings. The highest BCUT2D eigenvalue weighted by molar-refractivity contribution is 7.21. The van der Waals surface area contributed by atoms with E-state index in [0.29, 0.717) is 15.6 Å². The van der Waals surface area contributed by atoms with Gasteiger partial charge in [0.15, 0.2) is 0 Å². The van der Waals surface area contributed by atoms with E-state index in [2.05, 4.69) is 0 Å². The topological polar surface area (TPSA) is 46.5 Å². The Morgan fingerprint density at radius 2 is 2.22 bits per heavy atom. The van der Waals surface area contributed by atoms with Crippen molar-refractivity contribution in [2.24, 2.45) is 0 Å². The number of hydrogen-bond donors (Lipinski definition) is 1. The lowest BCUT2D eigenvalue weighted by atomic mass is 10.1. The normalized spacial score (nSPS) is 11.3. The van der Waals surface area contributed by atoms with Gasteiger partial charge >= 0.3 is 5.97 Å². The molecule has 1 aromatic heterocycles. The van der Waals surface area contributed by atoms with Crippen LogP contribution in [0.25, 0.3) is 10.1 Å². The van der Waals surface area contributed by atoms with E-state index in [4.69, 9.17) is 9.84 Å². The molecule has 1 heterocycles. The van der Waals surface area contributed by atoms with E-state index in [1.165, 1.54) is 6.07 Å². The molecule has 0 unspecified atom stereocenters. The summed E-state index contributed by atoms with van der Waals surface area (Å²) in [6, 6.07) is 4.63. The molecule has 0 radical (unpaired) electrons. The van der Waals surface area contributed by atoms with E-state index < -0.39 is 11.8 Å². The van der Waals surface area contributed by atoms with Crippen molar-refractivity contribution in [1.29, 1.82) is 0 Å². The molecule has 2 aromatic rings. The largest absolute Gasteiger partial charge is 0.477 e. The van der Waals surface area contributed by atoms with Gasteiger partial charge in [-0.2, -0.15) is 0 Å². The van der Waals surface area contributed by atoms with Gasteiger partial charge in [-0.3, -0.25) is 0 Å². The Hall–Kier alpha value is -1.46. The van der Waals surface area contributed by atoms with Crippen LogP contribution in [0.5, 0.6) is 0 Å². The number of aromatic carboxylic acids is 1. The van der Waals surface area contributed by atoms with Crippen LogP contribution < -0.4 is 0 Å². The van der Waals surface area contributed by atoms with Crippen LogP contribution in [0.3, 0.4) is 0 Å². The first-order valence-electron chi connectivity index (χ1n) is 5.55. The fraction of sp³-hybridized carbons (Fsp3) is 0.308. The van der Waals surface area contributed by atoms with E-state index in [-0.39, 0.29) is 17.6 Å². The molecule has 0 aliphatic heterocycles. The van der Waals surface area contributed by atoms with Gasteiger partial charge in [0.25, 0.3) is 0 Å². The first kappa shape index (κ1) is 13.0. The second-order valence-corrected chi connectivity index (χ2v) is 5.24. The van der Waals surface area contributed by atoms with Crippen LogP contribution in [0.2, 0.25) is 0 Å². The van der Waals surface area contributed by atoms with Gasteiger partial charge < -0.3 is 9.84 Å². The maximum atomic E-state index is 13.8. The quantitative estimate of drug-likeness (QED) is 0.920. The monoisotopic (exact) mass is 268 g/mol. The summed E-state index contributed by atoms with van der Waals surface area (Å²) in [5.41, 5.74) is 0.425. The fourth-order valence-electron chi connectivity index (χ4n) is 1.73. The molecule has 0 bridgehead atoms. The summed E-state index contributed by atoms with van der Waals surface area (Å²) in [4.78, 5) is 11.3. The summed E-state index contributed by atoms with van der Waals surface area (Å²) in [6.07, 6.45) is -0.0339. The smallest absolute Gasteiger partial charge is 0.346 e. The van der Waals surface area contributed by atoms with Crippen molar-refractivity contribution in [2.75, 3.05) is 0 Å². The van der Waals surface area contributed by atoms with E-state index in [1.54, 1.807) is 12.1 Å². The van der Waals surface area contributed by atoms with Crippen LogP contribution in [0.15, 0.2) is 18.2 Å². The number of rotatable bonds is 4. The van der Waals surface area contributed by atoms with Gasteiger partial charge in [-0.1, -0.05) is 6.07 Å². The minimum atomic E-state index is -1.04. The number of fused-ring (bicyclic) bond motifs is 1. The number of carboxylic acid groups (broad SMARTS) is 1. The summed E-state index contributed by atoms with van der Waals surface area (Å²) in [7, 11) is 0. The zero-order valence-electron chi connectivity index (χ0n) is 10.1. The van der Waals surface area contributed by atoms with Gasteiger partial charge in [0.1, 0.15) is 10.7 Å². The first-order chi connectivity index (χ1) is 8.50. The van der Waals surface area contributed by atoms with E-state index in [0.717, 1.165) is 11.3 Å². The maximum absolute atomic E-state index is 13.8. The second kappa shape index (κ2) is 5.04. The van der Waals surface area contributed by atoms with Crippen LogP contribution in [0.4, 0.5) is 4.39 Å². The zero-order chi connectivity index (χ0) is 13.3. The van der Waals surface area contributed by atoms with E-state index in [9.17, 15) is 9.18 Å². The van der Waals surface area contributed by atoms with Gasteiger partial charge in [0, 0.05) is 15.6 Å². The molecule has 1 aromatic carbocycles. The molecule has 0 saturated heterocycles. The minimum absolute atomic E-state index is 0.0339. The Labute approximate surface area is 108 Å². The van der Waals surface area contributed by atoms with Crippen molar-refractivity contribution in [2.45, 2.75) is 26.6 Å². The Morgan fingerprint density at radius 3 is 2.83 bits per heavy atom. The third-order valence-electron chi connectivity index (χ3n) is 2.52. The number of thiophene rings is 1. The van der Waals surface area contributed by atoms with Crippen LogP contribution in [-0.4, -0.2) is 17.2 Å². The lowest BCUT2D eigenvalue weighted by Crippen LogP contribution is -2.05. The number of carboxylic acids is 1. The van der Waals surface area contributed by atoms with E-state index in [1.807, 2.05) is 13.8 Å². The average molecular weight is 268 g/mol. The maximum Gasteiger partial charge on any atom is 0.346 e. The van der Waals surface area contributed by atoms with Gasteiger partial charge in [-0.15, -0.1) is 11.3 Å². The summed E-state index contributed by atoms with van der Waals surface area (Å²) >= 11 is 1.08. The van der Waals surface area contributed by atoms with Crippen molar-refractivity contribution < 1.29 is 19.0 Å². The molecule has 18 heavy (non-hydrogen) atoms. The summed E-state index contributed by atoms with van der Waals surface area (Å²) < 4.78 is 19.9. The highest BCUT2D eigenvalue weighted by atomic mass is 32.1. The molecule has 0 amide bonds. The summed E-state index contributed by atoms with van der Waals surface area (Å²) in [5.74, 6) is -1.45. The molecule has 2 rings (SSSR count). The molecular weight excluding hydrogens is 255 g/mol. The molecule has 96 valence electrons. The lowest BCUT2D eigenvalue weighted by Gasteiger charge is -2.08. The molecule has 0 spiro atoms. The minimum Gasteiger partial charge on any atom is -0.477 e. The average Bonchev–Trinajstić information content (AvgIpc) is 2.66. The summed E-state index contributed by atoms with van der Waals surface area (Å²) in [5, 5.41) is 9.52. The number of halogens is 1. The lowest BCUT2D eigenvalue weighted by molar-refractivity contribution is 0.0617. The molecule has 1 N–H and O–H groups in total. The Morgan fingerprint density at radius 1 is 1.50 bits per heavy atom. The zero-order valence-corrected chi connectivity index (χ0v) is 10.9. The van der Waals surface area contributed by atoms with Crippen molar-refractivity contribution in [3.05, 3.63) is 34.5 Å². The Kier molecular flexibility index (Phi) is 3.63. The van der Waals surface area contributed by atoms with Crippen LogP contribution in [0.1, 0.15) is 29.1 Å². The number of benzene rings is 1. The van der Waals surface area contributed by atoms with Crippen LogP contribution >= 0.6 is 11.3 Å². The predicted molar refractivity (Wildman–Crippen MR) is 68.7 cm³/mol. The van der Waals surface area contributed by atoms with Gasteiger partial charge in [0.2, 0.25) is 0 Å². The molecule has 0 aliphatic carbocycles. The van der Waals surface area contributed by atoms with Crippen molar-refractivity contribution >= 4 is 27.4 Å². The predicted octanol–water partition coefficient (Wildman–Crippen LogP) is 3.66. The highest BCUT2D eigenvalue weighted by Gasteiger charge is 2.20. The molecule has 3 nitrogen and oxygen atoms in total. The van der Waals surface area contributed by atoms with E-state index >= 15 is 0 Å². The first-order valence-corrected chi connectivity index (χ1v) is 6.37. The second-order valence-electron chi connectivity index (χ2n) is 4.19. The number of ether oxygens (including phenoxy) is 1. The third kappa shape index (κ3) is 2.37. The van der Waals surface area contributed by atoms with Crippen LogP contribution in [0, 0.1) is 5.82 Å². The van der Waals surface area contributed by atoms with Gasteiger partial charge in [0.05, 0.1) is 12.7 Å². The van der Waals surface area contributed by atoms with Gasteiger partial charge in [-0.25, -0.2) is 9.18 Å². The van der Waals surface area contributed by atoms with Crippen molar-refractivity contribution in [3.63, 3.8) is 0 Å². The molecule has 0 saturated carbocycles.